The summed E-state index contributed by atoms with van der Waals surface area (Å²) >= 11 is 3.35. The van der Waals surface area contributed by atoms with E-state index in [0.29, 0.717) is 22.8 Å². The normalized spacial score (nSPS) is 11.4. The monoisotopic (exact) mass is 533 g/mol. The van der Waals surface area contributed by atoms with Crippen LogP contribution in [0.1, 0.15) is 33.1 Å². The summed E-state index contributed by atoms with van der Waals surface area (Å²) in [6.07, 6.45) is -4.42. The summed E-state index contributed by atoms with van der Waals surface area (Å²) in [5.41, 5.74) is 0.400. The van der Waals surface area contributed by atoms with Gasteiger partial charge in [-0.25, -0.2) is 0 Å². The fraction of sp³-hybridized carbons (Fsp3) is 0.167. The van der Waals surface area contributed by atoms with E-state index in [9.17, 15) is 18.0 Å². The summed E-state index contributed by atoms with van der Waals surface area (Å²) in [5.74, 6) is 0.975. The number of hydrogen-bond donors (Lipinski definition) is 1. The lowest BCUT2D eigenvalue weighted by molar-refractivity contribution is -0.137. The van der Waals surface area contributed by atoms with Gasteiger partial charge < -0.3 is 14.5 Å². The number of nitrogens with one attached hydrogen (secondary N) is 1. The maximum Gasteiger partial charge on any atom is 0.416 e. The fourth-order valence-electron chi connectivity index (χ4n) is 3.19. The van der Waals surface area contributed by atoms with E-state index >= 15 is 0 Å². The number of amides is 1. The first kappa shape index (κ1) is 23.6. The number of anilines is 1. The van der Waals surface area contributed by atoms with Gasteiger partial charge in [-0.15, -0.1) is 0 Å². The van der Waals surface area contributed by atoms with Crippen molar-refractivity contribution in [2.45, 2.75) is 26.3 Å². The third-order valence-electron chi connectivity index (χ3n) is 4.89. The third-order valence-corrected chi connectivity index (χ3v) is 5.42. The van der Waals surface area contributed by atoms with Crippen LogP contribution in [0.5, 0.6) is 5.75 Å². The Morgan fingerprint density at radius 3 is 2.62 bits per heavy atom. The van der Waals surface area contributed by atoms with Gasteiger partial charge in [0.05, 0.1) is 12.1 Å². The number of carbonyl (C=O) groups excluding carboxylic acids is 1. The van der Waals surface area contributed by atoms with E-state index in [1.807, 2.05) is 12.1 Å². The van der Waals surface area contributed by atoms with E-state index in [1.54, 1.807) is 37.3 Å². The molecular weight excluding hydrogens is 515 g/mol. The molecule has 2 aromatic carbocycles. The molecule has 0 saturated carbocycles. The van der Waals surface area contributed by atoms with Crippen LogP contribution >= 0.6 is 15.9 Å². The van der Waals surface area contributed by atoms with Crippen LogP contribution in [0.3, 0.4) is 0 Å². The minimum atomic E-state index is -4.42. The Hall–Kier alpha value is -3.53. The Morgan fingerprint density at radius 2 is 1.88 bits per heavy atom. The van der Waals surface area contributed by atoms with Gasteiger partial charge in [-0.05, 0) is 61.0 Å². The molecule has 0 atom stereocenters. The minimum absolute atomic E-state index is 0.0829. The van der Waals surface area contributed by atoms with Crippen LogP contribution in [-0.4, -0.2) is 15.7 Å². The number of alkyl halides is 3. The number of halogens is 4. The van der Waals surface area contributed by atoms with Crippen LogP contribution < -0.4 is 10.1 Å². The first-order valence-corrected chi connectivity index (χ1v) is 11.0. The SMILES string of the molecule is Cc1cc(NC(=O)c2ccc(COc3ccc(Br)cc3)o2)nn1Cc1cccc(C(F)(F)F)c1. The minimum Gasteiger partial charge on any atom is -0.486 e. The number of aromatic nitrogens is 2. The number of furan rings is 1. The summed E-state index contributed by atoms with van der Waals surface area (Å²) < 4.78 is 52.5. The number of aryl methyl sites for hydroxylation is 1. The third kappa shape index (κ3) is 5.88. The molecule has 4 rings (SSSR count). The molecule has 1 N–H and O–H groups in total. The molecule has 0 saturated heterocycles. The van der Waals surface area contributed by atoms with Gasteiger partial charge in [0.1, 0.15) is 18.1 Å². The Labute approximate surface area is 201 Å². The maximum absolute atomic E-state index is 13.0. The molecule has 0 fully saturated rings. The fourth-order valence-corrected chi connectivity index (χ4v) is 3.46. The molecule has 4 aromatic rings. The zero-order chi connectivity index (χ0) is 24.3. The van der Waals surface area contributed by atoms with Gasteiger partial charge >= 0.3 is 6.18 Å². The first-order valence-electron chi connectivity index (χ1n) is 10.2. The van der Waals surface area contributed by atoms with Crippen molar-refractivity contribution in [1.82, 2.24) is 9.78 Å². The van der Waals surface area contributed by atoms with Crippen molar-refractivity contribution in [3.8, 4) is 5.75 Å². The molecule has 2 heterocycles. The van der Waals surface area contributed by atoms with E-state index in [4.69, 9.17) is 9.15 Å². The first-order chi connectivity index (χ1) is 16.2. The molecule has 0 aliphatic carbocycles. The molecule has 6 nitrogen and oxygen atoms in total. The van der Waals surface area contributed by atoms with Gasteiger partial charge in [-0.2, -0.15) is 18.3 Å². The number of ether oxygens (including phenoxy) is 1. The lowest BCUT2D eigenvalue weighted by Crippen LogP contribution is -2.12. The molecule has 0 spiro atoms. The summed E-state index contributed by atoms with van der Waals surface area (Å²) in [7, 11) is 0. The Balaban J connectivity index is 1.38. The highest BCUT2D eigenvalue weighted by atomic mass is 79.9. The van der Waals surface area contributed by atoms with Crippen molar-refractivity contribution >= 4 is 27.7 Å². The highest BCUT2D eigenvalue weighted by Crippen LogP contribution is 2.29. The molecular formula is C24H19BrF3N3O3. The Bertz CT molecular complexity index is 1300. The van der Waals surface area contributed by atoms with Crippen molar-refractivity contribution in [1.29, 1.82) is 0 Å². The van der Waals surface area contributed by atoms with Gasteiger partial charge in [-0.3, -0.25) is 9.48 Å². The highest BCUT2D eigenvalue weighted by molar-refractivity contribution is 9.10. The second kappa shape index (κ2) is 9.76. The summed E-state index contributed by atoms with van der Waals surface area (Å²) in [6, 6.07) is 17.2. The summed E-state index contributed by atoms with van der Waals surface area (Å²) in [5, 5.41) is 6.93. The lowest BCUT2D eigenvalue weighted by atomic mass is 10.1. The van der Waals surface area contributed by atoms with E-state index in [-0.39, 0.29) is 24.7 Å². The number of carbonyl (C=O) groups is 1. The zero-order valence-corrected chi connectivity index (χ0v) is 19.5. The molecule has 0 unspecified atom stereocenters. The average Bonchev–Trinajstić information content (AvgIpc) is 3.40. The molecule has 34 heavy (non-hydrogen) atoms. The summed E-state index contributed by atoms with van der Waals surface area (Å²) in [6.45, 7) is 2.03. The van der Waals surface area contributed by atoms with Gasteiger partial charge in [0, 0.05) is 16.2 Å². The maximum atomic E-state index is 13.0. The van der Waals surface area contributed by atoms with Crippen molar-refractivity contribution in [2.24, 2.45) is 0 Å². The molecule has 0 aliphatic heterocycles. The van der Waals surface area contributed by atoms with Crippen molar-refractivity contribution < 1.29 is 27.1 Å². The van der Waals surface area contributed by atoms with Gasteiger partial charge in [0.2, 0.25) is 0 Å². The predicted octanol–water partition coefficient (Wildman–Crippen LogP) is 6.45. The van der Waals surface area contributed by atoms with Gasteiger partial charge in [-0.1, -0.05) is 28.1 Å². The van der Waals surface area contributed by atoms with Crippen molar-refractivity contribution in [2.75, 3.05) is 5.32 Å². The lowest BCUT2D eigenvalue weighted by Gasteiger charge is -2.09. The predicted molar refractivity (Wildman–Crippen MR) is 123 cm³/mol. The molecule has 0 bridgehead atoms. The van der Waals surface area contributed by atoms with Crippen LogP contribution in [0.25, 0.3) is 0 Å². The molecule has 1 amide bonds. The smallest absolute Gasteiger partial charge is 0.416 e. The van der Waals surface area contributed by atoms with E-state index < -0.39 is 17.6 Å². The largest absolute Gasteiger partial charge is 0.486 e. The van der Waals surface area contributed by atoms with E-state index in [2.05, 4.69) is 26.3 Å². The summed E-state index contributed by atoms with van der Waals surface area (Å²) in [4.78, 5) is 12.5. The number of rotatable bonds is 7. The number of benzene rings is 2. The van der Waals surface area contributed by atoms with E-state index in [1.165, 1.54) is 16.8 Å². The van der Waals surface area contributed by atoms with Gasteiger partial charge in [0.25, 0.3) is 5.91 Å². The highest BCUT2D eigenvalue weighted by Gasteiger charge is 2.30. The second-order valence-corrected chi connectivity index (χ2v) is 8.41. The molecule has 176 valence electrons. The zero-order valence-electron chi connectivity index (χ0n) is 17.9. The number of hydrogen-bond acceptors (Lipinski definition) is 4. The molecule has 2 aromatic heterocycles. The van der Waals surface area contributed by atoms with Crippen LogP contribution in [-0.2, 0) is 19.3 Å². The van der Waals surface area contributed by atoms with Crippen LogP contribution in [0, 0.1) is 6.92 Å². The second-order valence-electron chi connectivity index (χ2n) is 7.49. The quantitative estimate of drug-likeness (QED) is 0.296. The van der Waals surface area contributed by atoms with Crippen LogP contribution in [0.2, 0.25) is 0 Å². The molecule has 0 radical (unpaired) electrons. The molecule has 10 heteroatoms. The van der Waals surface area contributed by atoms with E-state index in [0.717, 1.165) is 16.6 Å². The Kier molecular flexibility index (Phi) is 6.78. The standard InChI is InChI=1S/C24H19BrF3N3O3/c1-15-11-22(30-31(15)13-16-3-2-4-17(12-16)24(26,27)28)29-23(32)21-10-9-20(34-21)14-33-19-7-5-18(25)6-8-19/h2-12H,13-14H2,1H3,(H,29,30,32). The van der Waals surface area contributed by atoms with Crippen molar-refractivity contribution in [3.63, 3.8) is 0 Å². The molecule has 0 aliphatic rings. The van der Waals surface area contributed by atoms with Crippen molar-refractivity contribution in [3.05, 3.63) is 99.5 Å². The van der Waals surface area contributed by atoms with Crippen LogP contribution in [0.4, 0.5) is 19.0 Å². The average molecular weight is 534 g/mol. The topological polar surface area (TPSA) is 69.3 Å². The van der Waals surface area contributed by atoms with Crippen LogP contribution in [0.15, 0.2) is 75.6 Å². The Morgan fingerprint density at radius 1 is 1.12 bits per heavy atom. The number of nitrogens with zero attached hydrogens (tertiary/aromatic N) is 2. The van der Waals surface area contributed by atoms with Gasteiger partial charge in [0.15, 0.2) is 11.6 Å².